The molecule has 0 radical (unpaired) electrons. The second kappa shape index (κ2) is 5.60. The van der Waals surface area contributed by atoms with Crippen LogP contribution in [0.25, 0.3) is 0 Å². The highest BCUT2D eigenvalue weighted by Gasteiger charge is 2.30. The Morgan fingerprint density at radius 2 is 2.00 bits per heavy atom. The predicted octanol–water partition coefficient (Wildman–Crippen LogP) is 1.94. The molecule has 3 rings (SSSR count). The van der Waals surface area contributed by atoms with Crippen molar-refractivity contribution in [2.24, 2.45) is 4.99 Å². The van der Waals surface area contributed by atoms with Crippen LogP contribution < -0.4 is 10.2 Å². The van der Waals surface area contributed by atoms with Gasteiger partial charge in [-0.25, -0.2) is 0 Å². The first-order valence-electron chi connectivity index (χ1n) is 7.26. The van der Waals surface area contributed by atoms with Crippen LogP contribution in [0.5, 0.6) is 0 Å². The number of para-hydroxylation sites is 1. The quantitative estimate of drug-likeness (QED) is 0.903. The minimum absolute atomic E-state index is 0.00593. The highest BCUT2D eigenvalue weighted by atomic mass is 16.2. The average molecular weight is 284 g/mol. The van der Waals surface area contributed by atoms with Gasteiger partial charge in [-0.2, -0.15) is 0 Å². The number of nitrogens with zero attached hydrogens (tertiary/aromatic N) is 3. The van der Waals surface area contributed by atoms with Gasteiger partial charge in [0.1, 0.15) is 11.5 Å². The van der Waals surface area contributed by atoms with Gasteiger partial charge in [0.15, 0.2) is 0 Å². The van der Waals surface area contributed by atoms with E-state index in [2.05, 4.69) is 15.2 Å². The molecule has 0 bridgehead atoms. The summed E-state index contributed by atoms with van der Waals surface area (Å²) < 4.78 is 0. The van der Waals surface area contributed by atoms with Crippen molar-refractivity contribution < 1.29 is 4.79 Å². The van der Waals surface area contributed by atoms with Gasteiger partial charge >= 0.3 is 0 Å². The minimum Gasteiger partial charge on any atom is -0.358 e. The zero-order valence-electron chi connectivity index (χ0n) is 12.5. The normalized spacial score (nSPS) is 19.1. The van der Waals surface area contributed by atoms with Crippen molar-refractivity contribution in [1.29, 1.82) is 0 Å². The summed E-state index contributed by atoms with van der Waals surface area (Å²) in [6, 6.07) is 9.76. The molecule has 0 aliphatic carbocycles. The molecule has 0 fully saturated rings. The molecule has 2 aliphatic rings. The van der Waals surface area contributed by atoms with Crippen LogP contribution in [-0.2, 0) is 4.79 Å². The molecule has 2 heterocycles. The fraction of sp³-hybridized carbons (Fsp3) is 0.375. The Bertz CT molecular complexity index is 606. The number of aliphatic imine (C=N–C) groups is 1. The van der Waals surface area contributed by atoms with Crippen LogP contribution in [0.4, 0.5) is 5.69 Å². The lowest BCUT2D eigenvalue weighted by molar-refractivity contribution is -0.116. The van der Waals surface area contributed by atoms with E-state index in [1.54, 1.807) is 4.90 Å². The van der Waals surface area contributed by atoms with Crippen molar-refractivity contribution >= 4 is 17.4 Å². The number of hydrogen-bond acceptors (Lipinski definition) is 4. The predicted molar refractivity (Wildman–Crippen MR) is 83.9 cm³/mol. The van der Waals surface area contributed by atoms with Crippen LogP contribution in [0, 0.1) is 0 Å². The van der Waals surface area contributed by atoms with E-state index in [0.29, 0.717) is 12.4 Å². The summed E-state index contributed by atoms with van der Waals surface area (Å²) in [5.74, 6) is 0.924. The van der Waals surface area contributed by atoms with Crippen LogP contribution in [0.15, 0.2) is 46.7 Å². The Hall–Kier alpha value is -2.30. The molecule has 1 amide bonds. The lowest BCUT2D eigenvalue weighted by Gasteiger charge is -2.36. The maximum Gasteiger partial charge on any atom is 0.278 e. The van der Waals surface area contributed by atoms with Crippen molar-refractivity contribution in [3.8, 4) is 0 Å². The van der Waals surface area contributed by atoms with Crippen molar-refractivity contribution in [1.82, 2.24) is 10.2 Å². The third-order valence-electron chi connectivity index (χ3n) is 3.96. The molecule has 2 aliphatic heterocycles. The van der Waals surface area contributed by atoms with Crippen LogP contribution in [-0.4, -0.2) is 36.9 Å². The molecule has 5 nitrogen and oxygen atoms in total. The van der Waals surface area contributed by atoms with Gasteiger partial charge in [0.25, 0.3) is 5.91 Å². The Morgan fingerprint density at radius 1 is 1.24 bits per heavy atom. The number of amidine groups is 1. The highest BCUT2D eigenvalue weighted by molar-refractivity contribution is 6.09. The van der Waals surface area contributed by atoms with Gasteiger partial charge in [-0.3, -0.25) is 14.7 Å². The molecule has 0 aromatic heterocycles. The van der Waals surface area contributed by atoms with E-state index in [1.165, 1.54) is 0 Å². The largest absolute Gasteiger partial charge is 0.358 e. The van der Waals surface area contributed by atoms with E-state index in [4.69, 9.17) is 0 Å². The molecule has 0 saturated carbocycles. The van der Waals surface area contributed by atoms with Gasteiger partial charge in [-0.1, -0.05) is 18.2 Å². The monoisotopic (exact) mass is 284 g/mol. The topological polar surface area (TPSA) is 47.9 Å². The van der Waals surface area contributed by atoms with E-state index >= 15 is 0 Å². The maximum atomic E-state index is 12.8. The number of hydrogen-bond donors (Lipinski definition) is 1. The first-order chi connectivity index (χ1) is 10.2. The van der Waals surface area contributed by atoms with E-state index in [9.17, 15) is 4.79 Å². The van der Waals surface area contributed by atoms with Gasteiger partial charge in [-0.15, -0.1) is 0 Å². The molecule has 0 atom stereocenters. The van der Waals surface area contributed by atoms with Crippen molar-refractivity contribution in [3.05, 3.63) is 41.7 Å². The first kappa shape index (κ1) is 13.7. The molecule has 1 aromatic rings. The second-order valence-corrected chi connectivity index (χ2v) is 5.43. The van der Waals surface area contributed by atoms with Gasteiger partial charge in [0.2, 0.25) is 0 Å². The van der Waals surface area contributed by atoms with Crippen LogP contribution in [0.1, 0.15) is 19.8 Å². The maximum absolute atomic E-state index is 12.8. The highest BCUT2D eigenvalue weighted by Crippen LogP contribution is 2.23. The summed E-state index contributed by atoms with van der Waals surface area (Å²) in [5, 5.41) is 3.24. The standard InChI is InChI=1S/C16H20N4O/c1-12-15(18-14-9-6-10-17-14)16(21)20(11-19(12)2)13-7-4-3-5-8-13/h3-5,7-8H,6,9-11H2,1-2H3,(H,17,18). The molecule has 1 aromatic carbocycles. The van der Waals surface area contributed by atoms with Gasteiger partial charge < -0.3 is 10.2 Å². The number of rotatable bonds is 2. The van der Waals surface area contributed by atoms with Gasteiger partial charge in [0, 0.05) is 31.4 Å². The summed E-state index contributed by atoms with van der Waals surface area (Å²) in [6.07, 6.45) is 1.97. The first-order valence-corrected chi connectivity index (χ1v) is 7.26. The number of carbonyl (C=O) groups excluding carboxylic acids is 1. The third-order valence-corrected chi connectivity index (χ3v) is 3.96. The Balaban J connectivity index is 1.90. The number of nitrogens with one attached hydrogen (secondary N) is 1. The third kappa shape index (κ3) is 2.63. The van der Waals surface area contributed by atoms with Gasteiger partial charge in [-0.05, 0) is 25.5 Å². The molecule has 110 valence electrons. The van der Waals surface area contributed by atoms with Gasteiger partial charge in [0.05, 0.1) is 6.67 Å². The fourth-order valence-electron chi connectivity index (χ4n) is 2.60. The summed E-state index contributed by atoms with van der Waals surface area (Å²) >= 11 is 0. The molecule has 21 heavy (non-hydrogen) atoms. The summed E-state index contributed by atoms with van der Waals surface area (Å²) in [6.45, 7) is 3.38. The summed E-state index contributed by atoms with van der Waals surface area (Å²) in [7, 11) is 2.00. The Kier molecular flexibility index (Phi) is 3.64. The van der Waals surface area contributed by atoms with Crippen LogP contribution >= 0.6 is 0 Å². The second-order valence-electron chi connectivity index (χ2n) is 5.43. The average Bonchev–Trinajstić information content (AvgIpc) is 3.01. The number of carbonyl (C=O) groups is 1. The molecular formula is C16H20N4O. The number of allylic oxidation sites excluding steroid dienone is 1. The van der Waals surface area contributed by atoms with E-state index in [-0.39, 0.29) is 5.91 Å². The zero-order valence-corrected chi connectivity index (χ0v) is 12.5. The Morgan fingerprint density at radius 3 is 2.67 bits per heavy atom. The molecule has 0 unspecified atom stereocenters. The zero-order chi connectivity index (χ0) is 14.8. The molecular weight excluding hydrogens is 264 g/mol. The van der Waals surface area contributed by atoms with Crippen molar-refractivity contribution in [2.45, 2.75) is 19.8 Å². The lowest BCUT2D eigenvalue weighted by Crippen LogP contribution is -2.49. The summed E-state index contributed by atoms with van der Waals surface area (Å²) in [5.41, 5.74) is 2.50. The van der Waals surface area contributed by atoms with E-state index in [0.717, 1.165) is 36.6 Å². The van der Waals surface area contributed by atoms with E-state index in [1.807, 2.05) is 44.3 Å². The van der Waals surface area contributed by atoms with Crippen molar-refractivity contribution in [2.75, 3.05) is 25.2 Å². The smallest absolute Gasteiger partial charge is 0.278 e. The molecule has 5 heteroatoms. The van der Waals surface area contributed by atoms with Crippen LogP contribution in [0.2, 0.25) is 0 Å². The lowest BCUT2D eigenvalue weighted by atomic mass is 10.2. The number of amides is 1. The SMILES string of the molecule is CC1=C(NC2=NCCC2)C(=O)N(c2ccccc2)CN1C. The number of anilines is 1. The van der Waals surface area contributed by atoms with E-state index < -0.39 is 0 Å². The Labute approximate surface area is 125 Å². The van der Waals surface area contributed by atoms with Crippen molar-refractivity contribution in [3.63, 3.8) is 0 Å². The fourth-order valence-corrected chi connectivity index (χ4v) is 2.60. The summed E-state index contributed by atoms with van der Waals surface area (Å²) in [4.78, 5) is 21.1. The molecule has 0 spiro atoms. The number of benzene rings is 1. The van der Waals surface area contributed by atoms with Crippen LogP contribution in [0.3, 0.4) is 0 Å². The minimum atomic E-state index is 0.00593. The molecule has 1 N–H and O–H groups in total. The molecule has 0 saturated heterocycles.